The first-order chi connectivity index (χ1) is 15.9. The summed E-state index contributed by atoms with van der Waals surface area (Å²) < 4.78 is 5.81. The van der Waals surface area contributed by atoms with Gasteiger partial charge in [-0.2, -0.15) is 0 Å². The molecule has 0 unspecified atom stereocenters. The Morgan fingerprint density at radius 1 is 1.03 bits per heavy atom. The van der Waals surface area contributed by atoms with Crippen LogP contribution in [0.4, 0.5) is 4.79 Å². The highest BCUT2D eigenvalue weighted by molar-refractivity contribution is 6.07. The van der Waals surface area contributed by atoms with Gasteiger partial charge in [0.2, 0.25) is 11.8 Å². The lowest BCUT2D eigenvalue weighted by atomic mass is 9.79. The third-order valence-electron chi connectivity index (χ3n) is 6.27. The molecule has 0 atom stereocenters. The van der Waals surface area contributed by atoms with E-state index in [0.29, 0.717) is 43.0 Å². The number of hydrogen-bond acceptors (Lipinski definition) is 6. The predicted octanol–water partition coefficient (Wildman–Crippen LogP) is 2.96. The van der Waals surface area contributed by atoms with Crippen LogP contribution in [0.25, 0.3) is 22.9 Å². The summed E-state index contributed by atoms with van der Waals surface area (Å²) >= 11 is 0. The molecule has 0 bridgehead atoms. The zero-order valence-corrected chi connectivity index (χ0v) is 18.1. The van der Waals surface area contributed by atoms with Gasteiger partial charge >= 0.3 is 6.03 Å². The SMILES string of the molecule is Cc1cccc(-c2nnc(-c3ccc(C(=O)NC4CCC5(CC4)NC(=O)NC5=O)cc3)o2)c1. The number of hydrogen-bond donors (Lipinski definition) is 3. The van der Waals surface area contributed by atoms with Gasteiger partial charge in [0.25, 0.3) is 11.8 Å². The predicted molar refractivity (Wildman–Crippen MR) is 119 cm³/mol. The second kappa shape index (κ2) is 8.16. The van der Waals surface area contributed by atoms with E-state index in [9.17, 15) is 14.4 Å². The second-order valence-electron chi connectivity index (χ2n) is 8.60. The molecule has 33 heavy (non-hydrogen) atoms. The molecule has 0 radical (unpaired) electrons. The van der Waals surface area contributed by atoms with Crippen molar-refractivity contribution in [2.75, 3.05) is 0 Å². The van der Waals surface area contributed by atoms with Crippen molar-refractivity contribution >= 4 is 17.8 Å². The van der Waals surface area contributed by atoms with Crippen LogP contribution in [0.1, 0.15) is 41.6 Å². The molecule has 5 rings (SSSR count). The van der Waals surface area contributed by atoms with Crippen LogP contribution in [-0.2, 0) is 4.79 Å². The smallest absolute Gasteiger partial charge is 0.322 e. The first kappa shape index (κ1) is 20.9. The summed E-state index contributed by atoms with van der Waals surface area (Å²) in [6.45, 7) is 2.00. The number of carbonyl (C=O) groups excluding carboxylic acids is 3. The van der Waals surface area contributed by atoms with E-state index in [1.54, 1.807) is 24.3 Å². The maximum absolute atomic E-state index is 12.7. The Balaban J connectivity index is 1.21. The minimum absolute atomic E-state index is 0.0547. The highest BCUT2D eigenvalue weighted by Crippen LogP contribution is 2.31. The standard InChI is InChI=1S/C24H23N5O4/c1-14-3-2-4-17(13-14)21-29-28-20(33-21)16-7-5-15(6-8-16)19(30)25-18-9-11-24(12-10-18)22(31)26-23(32)27-24/h2-8,13,18H,9-12H2,1H3,(H,25,30)(H2,26,27,31,32). The van der Waals surface area contributed by atoms with E-state index in [2.05, 4.69) is 26.1 Å². The maximum Gasteiger partial charge on any atom is 0.322 e. The van der Waals surface area contributed by atoms with Gasteiger partial charge in [-0.3, -0.25) is 14.9 Å². The lowest BCUT2D eigenvalue weighted by Gasteiger charge is -2.34. The van der Waals surface area contributed by atoms with Crippen molar-refractivity contribution in [3.8, 4) is 22.9 Å². The normalized spacial score (nSPS) is 22.2. The van der Waals surface area contributed by atoms with Crippen molar-refractivity contribution in [2.45, 2.75) is 44.2 Å². The van der Waals surface area contributed by atoms with Crippen molar-refractivity contribution in [3.63, 3.8) is 0 Å². The van der Waals surface area contributed by atoms with Crippen molar-refractivity contribution in [2.24, 2.45) is 0 Å². The summed E-state index contributed by atoms with van der Waals surface area (Å²) in [6, 6.07) is 14.3. The van der Waals surface area contributed by atoms with Gasteiger partial charge in [-0.1, -0.05) is 17.7 Å². The molecule has 1 aliphatic carbocycles. The third kappa shape index (κ3) is 4.09. The van der Waals surface area contributed by atoms with Crippen LogP contribution < -0.4 is 16.0 Å². The number of aromatic nitrogens is 2. The van der Waals surface area contributed by atoms with Gasteiger partial charge in [0.05, 0.1) is 0 Å². The molecule has 3 aromatic rings. The molecule has 2 fully saturated rings. The van der Waals surface area contributed by atoms with Crippen LogP contribution in [0.5, 0.6) is 0 Å². The largest absolute Gasteiger partial charge is 0.416 e. The van der Waals surface area contributed by atoms with E-state index < -0.39 is 11.6 Å². The van der Waals surface area contributed by atoms with E-state index in [4.69, 9.17) is 4.42 Å². The number of urea groups is 1. The molecule has 1 aliphatic heterocycles. The summed E-state index contributed by atoms with van der Waals surface area (Å²) in [7, 11) is 0. The Morgan fingerprint density at radius 2 is 1.73 bits per heavy atom. The Labute approximate surface area is 190 Å². The first-order valence-corrected chi connectivity index (χ1v) is 10.9. The number of aryl methyl sites for hydroxylation is 1. The van der Waals surface area contributed by atoms with E-state index in [1.165, 1.54) is 0 Å². The molecule has 2 aromatic carbocycles. The molecule has 1 spiro atoms. The molecular weight excluding hydrogens is 422 g/mol. The monoisotopic (exact) mass is 445 g/mol. The second-order valence-corrected chi connectivity index (χ2v) is 8.60. The average molecular weight is 445 g/mol. The van der Waals surface area contributed by atoms with Gasteiger partial charge in [-0.25, -0.2) is 4.79 Å². The third-order valence-corrected chi connectivity index (χ3v) is 6.27. The number of imide groups is 1. The highest BCUT2D eigenvalue weighted by atomic mass is 16.4. The van der Waals surface area contributed by atoms with Crippen molar-refractivity contribution < 1.29 is 18.8 Å². The van der Waals surface area contributed by atoms with Crippen molar-refractivity contribution in [3.05, 3.63) is 59.7 Å². The van der Waals surface area contributed by atoms with Gasteiger partial charge in [0, 0.05) is 22.7 Å². The first-order valence-electron chi connectivity index (χ1n) is 10.9. The zero-order valence-electron chi connectivity index (χ0n) is 18.1. The summed E-state index contributed by atoms with van der Waals surface area (Å²) in [6.07, 6.45) is 2.21. The summed E-state index contributed by atoms with van der Waals surface area (Å²) in [5.41, 5.74) is 2.37. The topological polar surface area (TPSA) is 126 Å². The van der Waals surface area contributed by atoms with Gasteiger partial charge in [0.15, 0.2) is 0 Å². The fourth-order valence-electron chi connectivity index (χ4n) is 4.40. The molecule has 9 heteroatoms. The van der Waals surface area contributed by atoms with Crippen LogP contribution in [0.15, 0.2) is 52.9 Å². The van der Waals surface area contributed by atoms with Crippen molar-refractivity contribution in [1.29, 1.82) is 0 Å². The molecule has 3 N–H and O–H groups in total. The minimum atomic E-state index is -0.832. The Kier molecular flexibility index (Phi) is 5.16. The number of nitrogens with one attached hydrogen (secondary N) is 3. The quantitative estimate of drug-likeness (QED) is 0.530. The van der Waals surface area contributed by atoms with Crippen molar-refractivity contribution in [1.82, 2.24) is 26.1 Å². The number of benzene rings is 2. The molecule has 2 aliphatic rings. The number of carbonyl (C=O) groups is 3. The van der Waals surface area contributed by atoms with E-state index >= 15 is 0 Å². The number of nitrogens with zero attached hydrogens (tertiary/aromatic N) is 2. The summed E-state index contributed by atoms with van der Waals surface area (Å²) in [5, 5.41) is 16.3. The zero-order chi connectivity index (χ0) is 23.0. The van der Waals surface area contributed by atoms with Crippen LogP contribution in [0, 0.1) is 6.92 Å². The number of amides is 4. The van der Waals surface area contributed by atoms with E-state index in [1.807, 2.05) is 31.2 Å². The molecule has 1 saturated heterocycles. The van der Waals surface area contributed by atoms with Gasteiger partial charge < -0.3 is 15.1 Å². The molecule has 1 aromatic heterocycles. The summed E-state index contributed by atoms with van der Waals surface area (Å²) in [4.78, 5) is 36.2. The fourth-order valence-corrected chi connectivity index (χ4v) is 4.40. The highest BCUT2D eigenvalue weighted by Gasteiger charge is 2.48. The molecule has 2 heterocycles. The Bertz CT molecular complexity index is 1230. The Hall–Kier alpha value is -4.01. The van der Waals surface area contributed by atoms with Gasteiger partial charge in [0.1, 0.15) is 5.54 Å². The Morgan fingerprint density at radius 3 is 2.36 bits per heavy atom. The minimum Gasteiger partial charge on any atom is -0.416 e. The van der Waals surface area contributed by atoms with Gasteiger partial charge in [-0.05, 0) is 69.0 Å². The van der Waals surface area contributed by atoms with Gasteiger partial charge in [-0.15, -0.1) is 10.2 Å². The number of rotatable bonds is 4. The van der Waals surface area contributed by atoms with E-state index in [-0.39, 0.29) is 17.9 Å². The fraction of sp³-hybridized carbons (Fsp3) is 0.292. The van der Waals surface area contributed by atoms with Crippen LogP contribution in [0.2, 0.25) is 0 Å². The maximum atomic E-state index is 12.7. The van der Waals surface area contributed by atoms with Crippen LogP contribution in [0.3, 0.4) is 0 Å². The molecule has 1 saturated carbocycles. The molecular formula is C24H23N5O4. The van der Waals surface area contributed by atoms with Crippen LogP contribution in [-0.4, -0.2) is 39.6 Å². The average Bonchev–Trinajstić information content (AvgIpc) is 3.40. The summed E-state index contributed by atoms with van der Waals surface area (Å²) in [5.74, 6) is 0.360. The lowest BCUT2D eigenvalue weighted by Crippen LogP contribution is -2.52. The van der Waals surface area contributed by atoms with E-state index in [0.717, 1.165) is 16.7 Å². The lowest BCUT2D eigenvalue weighted by molar-refractivity contribution is -0.125. The molecule has 9 nitrogen and oxygen atoms in total. The van der Waals surface area contributed by atoms with Crippen LogP contribution >= 0.6 is 0 Å². The molecule has 168 valence electrons. The molecule has 4 amide bonds.